The average Bonchev–Trinajstić information content (AvgIpc) is 2.93. The summed E-state index contributed by atoms with van der Waals surface area (Å²) < 4.78 is 0. The van der Waals surface area contributed by atoms with E-state index in [9.17, 15) is 15.0 Å². The minimum Gasteiger partial charge on any atom is -0.388 e. The monoisotopic (exact) mass is 275 g/mol. The van der Waals surface area contributed by atoms with Crippen molar-refractivity contribution in [2.45, 2.75) is 18.2 Å². The van der Waals surface area contributed by atoms with Crippen LogP contribution < -0.4 is 11.1 Å². The van der Waals surface area contributed by atoms with Crippen LogP contribution in [0.3, 0.4) is 0 Å². The van der Waals surface area contributed by atoms with Gasteiger partial charge >= 0.3 is 0 Å². The Morgan fingerprint density at radius 2 is 2.10 bits per heavy atom. The Labute approximate surface area is 114 Å². The van der Waals surface area contributed by atoms with E-state index in [2.05, 4.69) is 20.3 Å². The molecule has 0 aromatic carbocycles. The van der Waals surface area contributed by atoms with Crippen LogP contribution in [0, 0.1) is 0 Å². The first-order chi connectivity index (χ1) is 9.56. The topological polar surface area (TPSA) is 133 Å². The van der Waals surface area contributed by atoms with Gasteiger partial charge in [0.2, 0.25) is 5.96 Å². The lowest BCUT2D eigenvalue weighted by Gasteiger charge is -2.18. The maximum absolute atomic E-state index is 11.8. The number of guanidine groups is 1. The van der Waals surface area contributed by atoms with Crippen molar-refractivity contribution in [3.8, 4) is 0 Å². The number of carbonyl (C=O) groups excluding carboxylic acids is 1. The molecule has 0 aromatic rings. The largest absolute Gasteiger partial charge is 0.388 e. The molecule has 5 N–H and O–H groups in total. The fourth-order valence-corrected chi connectivity index (χ4v) is 2.25. The molecule has 2 heterocycles. The van der Waals surface area contributed by atoms with E-state index in [4.69, 9.17) is 5.73 Å². The third-order valence-electron chi connectivity index (χ3n) is 3.30. The van der Waals surface area contributed by atoms with Crippen molar-refractivity contribution in [1.82, 2.24) is 5.32 Å². The lowest BCUT2D eigenvalue weighted by Crippen LogP contribution is -2.41. The molecule has 0 fully saturated rings. The minimum atomic E-state index is -0.900. The Morgan fingerprint density at radius 3 is 2.80 bits per heavy atom. The van der Waals surface area contributed by atoms with Crippen molar-refractivity contribution in [2.75, 3.05) is 6.54 Å². The number of hydrogen-bond acceptors (Lipinski definition) is 7. The van der Waals surface area contributed by atoms with Crippen LogP contribution in [-0.4, -0.2) is 58.9 Å². The summed E-state index contributed by atoms with van der Waals surface area (Å²) in [5.74, 6) is -0.302. The summed E-state index contributed by atoms with van der Waals surface area (Å²) in [5, 5.41) is 22.1. The van der Waals surface area contributed by atoms with Gasteiger partial charge in [0.25, 0.3) is 5.91 Å². The van der Waals surface area contributed by atoms with Crippen LogP contribution >= 0.6 is 0 Å². The lowest BCUT2D eigenvalue weighted by atomic mass is 10.1. The molecule has 0 aromatic heterocycles. The summed E-state index contributed by atoms with van der Waals surface area (Å²) in [6.45, 7) is 0.303. The predicted octanol–water partition coefficient (Wildman–Crippen LogP) is -2.13. The highest BCUT2D eigenvalue weighted by Crippen LogP contribution is 2.19. The second kappa shape index (κ2) is 4.75. The van der Waals surface area contributed by atoms with E-state index < -0.39 is 18.1 Å². The SMILES string of the molecule is NC1=NC(=O)C2=C(CN[C@H]3C=C[C@H](O)[C@@H]3O)C=NC2=N1. The van der Waals surface area contributed by atoms with Gasteiger partial charge in [-0.1, -0.05) is 12.2 Å². The molecule has 20 heavy (non-hydrogen) atoms. The maximum atomic E-state index is 11.8. The number of carbonyl (C=O) groups is 1. The quantitative estimate of drug-likeness (QED) is 0.437. The van der Waals surface area contributed by atoms with E-state index in [1.165, 1.54) is 12.3 Å². The molecule has 1 aliphatic carbocycles. The van der Waals surface area contributed by atoms with Gasteiger partial charge in [0, 0.05) is 18.3 Å². The Balaban J connectivity index is 1.73. The molecule has 2 aliphatic heterocycles. The summed E-state index contributed by atoms with van der Waals surface area (Å²) in [7, 11) is 0. The molecule has 0 unspecified atom stereocenters. The number of rotatable bonds is 3. The third kappa shape index (κ3) is 2.09. The fourth-order valence-electron chi connectivity index (χ4n) is 2.25. The highest BCUT2D eigenvalue weighted by atomic mass is 16.3. The van der Waals surface area contributed by atoms with E-state index in [1.807, 2.05) is 0 Å². The van der Waals surface area contributed by atoms with Crippen molar-refractivity contribution in [3.63, 3.8) is 0 Å². The van der Waals surface area contributed by atoms with E-state index in [0.717, 1.165) is 0 Å². The highest BCUT2D eigenvalue weighted by Gasteiger charge is 2.31. The van der Waals surface area contributed by atoms with Crippen LogP contribution in [0.4, 0.5) is 0 Å². The summed E-state index contributed by atoms with van der Waals surface area (Å²) in [6, 6.07) is -0.375. The molecule has 0 spiro atoms. The van der Waals surface area contributed by atoms with Crippen molar-refractivity contribution in [1.29, 1.82) is 0 Å². The van der Waals surface area contributed by atoms with E-state index in [-0.39, 0.29) is 17.8 Å². The fraction of sp³-hybridized carbons (Fsp3) is 0.333. The first-order valence-corrected chi connectivity index (χ1v) is 6.09. The number of fused-ring (bicyclic) bond motifs is 1. The van der Waals surface area contributed by atoms with Gasteiger partial charge in [0.15, 0.2) is 5.84 Å². The van der Waals surface area contributed by atoms with Gasteiger partial charge < -0.3 is 21.3 Å². The first kappa shape index (κ1) is 12.9. The maximum Gasteiger partial charge on any atom is 0.284 e. The third-order valence-corrected chi connectivity index (χ3v) is 3.30. The van der Waals surface area contributed by atoms with Gasteiger partial charge in [-0.3, -0.25) is 4.79 Å². The predicted molar refractivity (Wildman–Crippen MR) is 72.5 cm³/mol. The number of aliphatic imine (C=N–C) groups is 3. The second-order valence-electron chi connectivity index (χ2n) is 4.64. The molecular weight excluding hydrogens is 262 g/mol. The number of amides is 1. The zero-order valence-electron chi connectivity index (χ0n) is 10.4. The van der Waals surface area contributed by atoms with E-state index in [1.54, 1.807) is 6.08 Å². The zero-order valence-corrected chi connectivity index (χ0v) is 10.4. The lowest BCUT2D eigenvalue weighted by molar-refractivity contribution is -0.113. The molecule has 0 saturated carbocycles. The molecule has 3 atom stereocenters. The number of aliphatic hydroxyl groups excluding tert-OH is 2. The van der Waals surface area contributed by atoms with Crippen molar-refractivity contribution in [2.24, 2.45) is 20.7 Å². The zero-order chi connectivity index (χ0) is 14.3. The molecule has 3 rings (SSSR count). The highest BCUT2D eigenvalue weighted by molar-refractivity contribution is 6.34. The normalized spacial score (nSPS) is 31.7. The standard InChI is InChI=1S/C12H13N5O3/c13-12-16-10-8(11(20)17-12)5(4-15-10)3-14-6-1-2-7(18)9(6)19/h1-2,4,6-7,9,14,18-19H,3H2,(H2,13,17,20)/t6-,7-,9+/m0/s1. The van der Waals surface area contributed by atoms with Crippen molar-refractivity contribution >= 4 is 23.9 Å². The Morgan fingerprint density at radius 1 is 1.30 bits per heavy atom. The van der Waals surface area contributed by atoms with Crippen LogP contribution in [0.5, 0.6) is 0 Å². The Bertz CT molecular complexity index is 617. The van der Waals surface area contributed by atoms with Crippen LogP contribution in [0.25, 0.3) is 0 Å². The van der Waals surface area contributed by atoms with Gasteiger partial charge in [0.05, 0.1) is 17.7 Å². The van der Waals surface area contributed by atoms with Gasteiger partial charge in [-0.05, 0) is 0 Å². The molecule has 8 nitrogen and oxygen atoms in total. The van der Waals surface area contributed by atoms with Crippen molar-refractivity contribution in [3.05, 3.63) is 23.3 Å². The van der Waals surface area contributed by atoms with Crippen LogP contribution in [-0.2, 0) is 4.79 Å². The Kier molecular flexibility index (Phi) is 3.05. The number of amidine groups is 1. The first-order valence-electron chi connectivity index (χ1n) is 6.09. The molecule has 0 saturated heterocycles. The molecule has 0 radical (unpaired) electrons. The van der Waals surface area contributed by atoms with Gasteiger partial charge in [0.1, 0.15) is 6.10 Å². The van der Waals surface area contributed by atoms with Gasteiger partial charge in [-0.25, -0.2) is 4.99 Å². The van der Waals surface area contributed by atoms with Gasteiger partial charge in [-0.2, -0.15) is 9.98 Å². The van der Waals surface area contributed by atoms with Crippen LogP contribution in [0.15, 0.2) is 38.3 Å². The van der Waals surface area contributed by atoms with Gasteiger partial charge in [-0.15, -0.1) is 0 Å². The van der Waals surface area contributed by atoms with Crippen LogP contribution in [0.2, 0.25) is 0 Å². The summed E-state index contributed by atoms with van der Waals surface area (Å²) in [4.78, 5) is 23.3. The van der Waals surface area contributed by atoms with Crippen LogP contribution in [0.1, 0.15) is 0 Å². The number of nitrogens with zero attached hydrogens (tertiary/aromatic N) is 3. The number of nitrogens with two attached hydrogens (primary N) is 1. The second-order valence-corrected chi connectivity index (χ2v) is 4.64. The number of hydrogen-bond donors (Lipinski definition) is 4. The smallest absolute Gasteiger partial charge is 0.284 e. The molecular formula is C12H13N5O3. The number of nitrogens with one attached hydrogen (secondary N) is 1. The molecule has 1 amide bonds. The minimum absolute atomic E-state index is 0.0996. The average molecular weight is 275 g/mol. The van der Waals surface area contributed by atoms with E-state index in [0.29, 0.717) is 17.7 Å². The summed E-state index contributed by atoms with van der Waals surface area (Å²) in [5.41, 5.74) is 6.35. The summed E-state index contributed by atoms with van der Waals surface area (Å²) in [6.07, 6.45) is 2.95. The molecule has 8 heteroatoms. The van der Waals surface area contributed by atoms with E-state index >= 15 is 0 Å². The molecule has 3 aliphatic rings. The summed E-state index contributed by atoms with van der Waals surface area (Å²) >= 11 is 0. The molecule has 104 valence electrons. The Hall–Kier alpha value is -2.16. The molecule has 0 bridgehead atoms. The van der Waals surface area contributed by atoms with Crippen molar-refractivity contribution < 1.29 is 15.0 Å². The number of aliphatic hydroxyl groups is 2.